The number of aliphatic imine (C=N–C) groups is 1. The van der Waals surface area contributed by atoms with Crippen LogP contribution in [0.4, 0.5) is 10.1 Å². The van der Waals surface area contributed by atoms with E-state index in [4.69, 9.17) is 0 Å². The fourth-order valence-corrected chi connectivity index (χ4v) is 2.03. The van der Waals surface area contributed by atoms with Gasteiger partial charge in [0.25, 0.3) is 0 Å². The van der Waals surface area contributed by atoms with Gasteiger partial charge in [-0.2, -0.15) is 0 Å². The number of benzene rings is 1. The van der Waals surface area contributed by atoms with Crippen LogP contribution in [0.1, 0.15) is 11.4 Å². The molecule has 2 rings (SSSR count). The summed E-state index contributed by atoms with van der Waals surface area (Å²) in [6.45, 7) is 1.92. The first-order chi connectivity index (χ1) is 8.70. The van der Waals surface area contributed by atoms with Gasteiger partial charge < -0.3 is 0 Å². The molecule has 1 aromatic heterocycles. The van der Waals surface area contributed by atoms with E-state index in [1.807, 2.05) is 31.4 Å². The summed E-state index contributed by atoms with van der Waals surface area (Å²) in [7, 11) is 0. The van der Waals surface area contributed by atoms with Crippen LogP contribution in [0.5, 0.6) is 0 Å². The molecule has 1 heterocycles. The number of thioether (sulfide) groups is 1. The van der Waals surface area contributed by atoms with Gasteiger partial charge in [-0.05, 0) is 37.4 Å². The van der Waals surface area contributed by atoms with Gasteiger partial charge in [-0.1, -0.05) is 18.2 Å². The molecule has 2 aromatic rings. The molecule has 0 spiro atoms. The summed E-state index contributed by atoms with van der Waals surface area (Å²) in [5.74, 6) is -0.322. The molecular formula is C14H13FN2S. The molecule has 0 aliphatic heterocycles. The molecule has 0 bridgehead atoms. The Morgan fingerprint density at radius 1 is 1.17 bits per heavy atom. The summed E-state index contributed by atoms with van der Waals surface area (Å²) in [5, 5.41) is 0.712. The number of pyridine rings is 1. The van der Waals surface area contributed by atoms with E-state index in [9.17, 15) is 4.39 Å². The molecule has 0 atom stereocenters. The monoisotopic (exact) mass is 260 g/mol. The summed E-state index contributed by atoms with van der Waals surface area (Å²) in [5.41, 5.74) is 2.03. The molecule has 0 N–H and O–H groups in total. The Kier molecular flexibility index (Phi) is 4.10. The average Bonchev–Trinajstić information content (AvgIpc) is 2.38. The second-order valence-electron chi connectivity index (χ2n) is 3.74. The first-order valence-electron chi connectivity index (χ1n) is 5.52. The van der Waals surface area contributed by atoms with Gasteiger partial charge in [0.2, 0.25) is 0 Å². The van der Waals surface area contributed by atoms with Crippen LogP contribution in [-0.2, 0) is 0 Å². The predicted octanol–water partition coefficient (Wildman–Crippen LogP) is 3.97. The maximum absolute atomic E-state index is 13.5. The highest BCUT2D eigenvalue weighted by molar-refractivity contribution is 8.13. The number of nitrogens with zero attached hydrogens (tertiary/aromatic N) is 2. The van der Waals surface area contributed by atoms with E-state index in [1.165, 1.54) is 17.8 Å². The number of hydrogen-bond donors (Lipinski definition) is 0. The van der Waals surface area contributed by atoms with Gasteiger partial charge in [-0.25, -0.2) is 9.38 Å². The molecule has 0 aliphatic rings. The smallest absolute Gasteiger partial charge is 0.148 e. The van der Waals surface area contributed by atoms with E-state index in [0.717, 1.165) is 11.4 Å². The van der Waals surface area contributed by atoms with Gasteiger partial charge >= 0.3 is 0 Å². The summed E-state index contributed by atoms with van der Waals surface area (Å²) < 4.78 is 13.5. The van der Waals surface area contributed by atoms with Crippen molar-refractivity contribution in [2.45, 2.75) is 6.92 Å². The molecule has 1 aromatic carbocycles. The zero-order valence-corrected chi connectivity index (χ0v) is 11.0. The molecule has 0 radical (unpaired) electrons. The molecule has 92 valence electrons. The lowest BCUT2D eigenvalue weighted by atomic mass is 10.3. The maximum atomic E-state index is 13.5. The number of halogens is 1. The third-order valence-electron chi connectivity index (χ3n) is 2.38. The van der Waals surface area contributed by atoms with Crippen LogP contribution in [0.3, 0.4) is 0 Å². The van der Waals surface area contributed by atoms with Crippen molar-refractivity contribution in [3.8, 4) is 0 Å². The zero-order chi connectivity index (χ0) is 13.0. The Morgan fingerprint density at radius 3 is 2.61 bits per heavy atom. The molecule has 0 amide bonds. The molecule has 0 saturated carbocycles. The topological polar surface area (TPSA) is 25.2 Å². The van der Waals surface area contributed by atoms with Gasteiger partial charge in [-0.15, -0.1) is 11.8 Å². The van der Waals surface area contributed by atoms with Crippen LogP contribution in [0.2, 0.25) is 0 Å². The fourth-order valence-electron chi connectivity index (χ4n) is 1.52. The first-order valence-corrected chi connectivity index (χ1v) is 6.74. The Labute approximate surface area is 110 Å². The van der Waals surface area contributed by atoms with E-state index in [-0.39, 0.29) is 5.82 Å². The van der Waals surface area contributed by atoms with Crippen molar-refractivity contribution in [1.29, 1.82) is 0 Å². The molecule has 0 fully saturated rings. The van der Waals surface area contributed by atoms with Crippen molar-refractivity contribution in [1.82, 2.24) is 4.98 Å². The minimum Gasteiger partial charge on any atom is -0.251 e. The van der Waals surface area contributed by atoms with Crippen molar-refractivity contribution in [3.05, 3.63) is 59.7 Å². The lowest BCUT2D eigenvalue weighted by Crippen LogP contribution is -1.99. The number of hydrogen-bond acceptors (Lipinski definition) is 3. The largest absolute Gasteiger partial charge is 0.251 e. The van der Waals surface area contributed by atoms with Crippen LogP contribution in [-0.4, -0.2) is 16.3 Å². The van der Waals surface area contributed by atoms with E-state index in [0.29, 0.717) is 10.7 Å². The van der Waals surface area contributed by atoms with E-state index in [1.54, 1.807) is 18.2 Å². The van der Waals surface area contributed by atoms with E-state index >= 15 is 0 Å². The second kappa shape index (κ2) is 5.78. The standard InChI is InChI=1S/C14H13FN2S/c1-10-6-5-9-13(16-10)14(18-2)17-12-8-4-3-7-11(12)15/h3-9H,1-2H3. The van der Waals surface area contributed by atoms with Crippen LogP contribution < -0.4 is 0 Å². The van der Waals surface area contributed by atoms with Crippen molar-refractivity contribution in [2.75, 3.05) is 6.26 Å². The van der Waals surface area contributed by atoms with E-state index in [2.05, 4.69) is 9.98 Å². The molecule has 18 heavy (non-hydrogen) atoms. The molecule has 0 aliphatic carbocycles. The van der Waals surface area contributed by atoms with E-state index < -0.39 is 0 Å². The van der Waals surface area contributed by atoms with Crippen molar-refractivity contribution in [3.63, 3.8) is 0 Å². The summed E-state index contributed by atoms with van der Waals surface area (Å²) in [4.78, 5) is 8.73. The number of para-hydroxylation sites is 1. The van der Waals surface area contributed by atoms with Crippen LogP contribution in [0, 0.1) is 12.7 Å². The predicted molar refractivity (Wildman–Crippen MR) is 75.1 cm³/mol. The SMILES string of the molecule is CSC(=Nc1ccccc1F)c1cccc(C)n1. The minimum atomic E-state index is -0.322. The molecular weight excluding hydrogens is 247 g/mol. The third kappa shape index (κ3) is 2.96. The second-order valence-corrected chi connectivity index (χ2v) is 4.53. The Hall–Kier alpha value is -1.68. The van der Waals surface area contributed by atoms with Crippen molar-refractivity contribution < 1.29 is 4.39 Å². The Balaban J connectivity index is 2.43. The zero-order valence-electron chi connectivity index (χ0n) is 10.2. The van der Waals surface area contributed by atoms with Gasteiger partial charge in [-0.3, -0.25) is 4.98 Å². The fraction of sp³-hybridized carbons (Fsp3) is 0.143. The molecule has 4 heteroatoms. The van der Waals surface area contributed by atoms with Gasteiger partial charge in [0, 0.05) is 5.69 Å². The Bertz CT molecular complexity index is 582. The minimum absolute atomic E-state index is 0.322. The molecule has 0 unspecified atom stereocenters. The normalized spacial score (nSPS) is 11.6. The third-order valence-corrected chi connectivity index (χ3v) is 3.06. The maximum Gasteiger partial charge on any atom is 0.148 e. The number of aryl methyl sites for hydroxylation is 1. The Morgan fingerprint density at radius 2 is 1.94 bits per heavy atom. The average molecular weight is 260 g/mol. The quantitative estimate of drug-likeness (QED) is 0.603. The lowest BCUT2D eigenvalue weighted by Gasteiger charge is -2.04. The van der Waals surface area contributed by atoms with Gasteiger partial charge in [0.1, 0.15) is 16.5 Å². The lowest BCUT2D eigenvalue weighted by molar-refractivity contribution is 0.630. The highest BCUT2D eigenvalue weighted by Crippen LogP contribution is 2.20. The van der Waals surface area contributed by atoms with Gasteiger partial charge in [0.15, 0.2) is 0 Å². The van der Waals surface area contributed by atoms with Gasteiger partial charge in [0.05, 0.1) is 5.69 Å². The summed E-state index contributed by atoms with van der Waals surface area (Å²) >= 11 is 1.46. The highest BCUT2D eigenvalue weighted by atomic mass is 32.2. The summed E-state index contributed by atoms with van der Waals surface area (Å²) in [6.07, 6.45) is 1.91. The number of rotatable bonds is 2. The van der Waals surface area contributed by atoms with Crippen LogP contribution >= 0.6 is 11.8 Å². The van der Waals surface area contributed by atoms with Crippen molar-refractivity contribution >= 4 is 22.5 Å². The van der Waals surface area contributed by atoms with Crippen molar-refractivity contribution in [2.24, 2.45) is 4.99 Å². The molecule has 0 saturated heterocycles. The molecule has 2 nitrogen and oxygen atoms in total. The number of aromatic nitrogens is 1. The van der Waals surface area contributed by atoms with Crippen LogP contribution in [0.25, 0.3) is 0 Å². The highest BCUT2D eigenvalue weighted by Gasteiger charge is 2.06. The van der Waals surface area contributed by atoms with Crippen LogP contribution in [0.15, 0.2) is 47.5 Å². The first kappa shape index (κ1) is 12.8. The summed E-state index contributed by atoms with van der Waals surface area (Å²) in [6, 6.07) is 12.2.